The van der Waals surface area contributed by atoms with Crippen molar-refractivity contribution < 1.29 is 40.6 Å². The minimum Gasteiger partial charge on any atom is -0.495 e. The largest absolute Gasteiger partial charge is 0.495 e. The van der Waals surface area contributed by atoms with Crippen LogP contribution in [0, 0.1) is 0 Å². The molecular weight excluding hydrogens is 560 g/mol. The van der Waals surface area contributed by atoms with E-state index in [1.165, 1.54) is 38.5 Å². The number of alkyl halides is 3. The maximum atomic E-state index is 12.9. The summed E-state index contributed by atoms with van der Waals surface area (Å²) >= 11 is 12.2. The standard InChI is InChI=1S/C23H19Cl2F3N2O6S/c1-34-20-11-18(21(35-2)10-17(20)25)29-22(31)12-36-19-7-6-15(9-16(19)24)37(32,33)30-14-5-3-4-13(8-14)23(26,27)28/h3-11,30H,12H2,1-2H3,(H,29,31). The van der Waals surface area contributed by atoms with Crippen molar-refractivity contribution in [2.24, 2.45) is 0 Å². The first-order valence-electron chi connectivity index (χ1n) is 10.2. The van der Waals surface area contributed by atoms with Crippen molar-refractivity contribution in [2.75, 3.05) is 30.9 Å². The first kappa shape index (κ1) is 28.2. The highest BCUT2D eigenvalue weighted by Gasteiger charge is 2.30. The Morgan fingerprint density at radius 3 is 2.22 bits per heavy atom. The number of benzene rings is 3. The smallest absolute Gasteiger partial charge is 0.416 e. The molecular formula is C23H19Cl2F3N2O6S. The summed E-state index contributed by atoms with van der Waals surface area (Å²) in [5.74, 6) is -0.0191. The second-order valence-corrected chi connectivity index (χ2v) is 9.80. The molecule has 198 valence electrons. The number of ether oxygens (including phenoxy) is 3. The van der Waals surface area contributed by atoms with Gasteiger partial charge in [-0.1, -0.05) is 29.3 Å². The third-order valence-electron chi connectivity index (χ3n) is 4.76. The van der Waals surface area contributed by atoms with Gasteiger partial charge in [-0.05, 0) is 36.4 Å². The third kappa shape index (κ3) is 7.12. The average Bonchev–Trinajstić information content (AvgIpc) is 2.83. The SMILES string of the molecule is COc1cc(NC(=O)COc2ccc(S(=O)(=O)Nc3cccc(C(F)(F)F)c3)cc2Cl)c(OC)cc1Cl. The number of sulfonamides is 1. The summed E-state index contributed by atoms with van der Waals surface area (Å²) in [6.45, 7) is -0.498. The number of hydrogen-bond donors (Lipinski definition) is 2. The molecule has 2 N–H and O–H groups in total. The van der Waals surface area contributed by atoms with Crippen LogP contribution in [0.4, 0.5) is 24.5 Å². The molecule has 0 bridgehead atoms. The lowest BCUT2D eigenvalue weighted by atomic mass is 10.2. The van der Waals surface area contributed by atoms with Crippen molar-refractivity contribution in [1.82, 2.24) is 0 Å². The fraction of sp³-hybridized carbons (Fsp3) is 0.174. The van der Waals surface area contributed by atoms with Gasteiger partial charge in [0.25, 0.3) is 15.9 Å². The highest BCUT2D eigenvalue weighted by molar-refractivity contribution is 7.92. The molecule has 0 fully saturated rings. The summed E-state index contributed by atoms with van der Waals surface area (Å²) in [4.78, 5) is 12.1. The van der Waals surface area contributed by atoms with Gasteiger partial charge in [0.05, 0.1) is 40.4 Å². The fourth-order valence-corrected chi connectivity index (χ4v) is 4.63. The van der Waals surface area contributed by atoms with Gasteiger partial charge in [0.2, 0.25) is 0 Å². The molecule has 0 radical (unpaired) electrons. The van der Waals surface area contributed by atoms with E-state index >= 15 is 0 Å². The van der Waals surface area contributed by atoms with Crippen LogP contribution >= 0.6 is 23.2 Å². The number of amides is 1. The second-order valence-electron chi connectivity index (χ2n) is 7.30. The van der Waals surface area contributed by atoms with E-state index < -0.39 is 34.3 Å². The second kappa shape index (κ2) is 11.4. The number of anilines is 2. The molecule has 3 aromatic carbocycles. The van der Waals surface area contributed by atoms with Gasteiger partial charge in [-0.15, -0.1) is 0 Å². The van der Waals surface area contributed by atoms with Crippen LogP contribution in [0.5, 0.6) is 17.2 Å². The van der Waals surface area contributed by atoms with E-state index in [2.05, 4.69) is 10.0 Å². The number of carbonyl (C=O) groups is 1. The Kier molecular flexibility index (Phi) is 8.67. The van der Waals surface area contributed by atoms with E-state index in [1.54, 1.807) is 0 Å². The number of carbonyl (C=O) groups excluding carboxylic acids is 1. The number of hydrogen-bond acceptors (Lipinski definition) is 6. The minimum absolute atomic E-state index is 0.00418. The summed E-state index contributed by atoms with van der Waals surface area (Å²) < 4.78 is 81.8. The number of methoxy groups -OCH3 is 2. The Hall–Kier alpha value is -3.35. The Morgan fingerprint density at radius 1 is 0.919 bits per heavy atom. The van der Waals surface area contributed by atoms with Crippen molar-refractivity contribution in [3.05, 3.63) is 70.2 Å². The lowest BCUT2D eigenvalue weighted by Crippen LogP contribution is -2.20. The first-order chi connectivity index (χ1) is 17.3. The summed E-state index contributed by atoms with van der Waals surface area (Å²) in [6.07, 6.45) is -4.64. The van der Waals surface area contributed by atoms with Gasteiger partial charge < -0.3 is 19.5 Å². The van der Waals surface area contributed by atoms with E-state index in [-0.39, 0.29) is 37.8 Å². The Labute approximate surface area is 220 Å². The minimum atomic E-state index is -4.64. The van der Waals surface area contributed by atoms with Gasteiger partial charge in [0.1, 0.15) is 17.2 Å². The maximum Gasteiger partial charge on any atom is 0.416 e. The molecule has 3 aromatic rings. The molecule has 0 atom stereocenters. The normalized spacial score (nSPS) is 11.5. The van der Waals surface area contributed by atoms with Crippen molar-refractivity contribution in [2.45, 2.75) is 11.1 Å². The van der Waals surface area contributed by atoms with Gasteiger partial charge in [-0.2, -0.15) is 13.2 Å². The zero-order chi connectivity index (χ0) is 27.4. The van der Waals surface area contributed by atoms with Crippen LogP contribution in [-0.2, 0) is 21.0 Å². The van der Waals surface area contributed by atoms with E-state index in [0.29, 0.717) is 11.8 Å². The van der Waals surface area contributed by atoms with Gasteiger partial charge in [0, 0.05) is 17.8 Å². The highest BCUT2D eigenvalue weighted by atomic mass is 35.5. The summed E-state index contributed by atoms with van der Waals surface area (Å²) in [5, 5.41) is 2.70. The Bertz CT molecular complexity index is 1420. The van der Waals surface area contributed by atoms with Gasteiger partial charge in [-0.25, -0.2) is 8.42 Å². The highest BCUT2D eigenvalue weighted by Crippen LogP contribution is 2.36. The van der Waals surface area contributed by atoms with Gasteiger partial charge >= 0.3 is 6.18 Å². The van der Waals surface area contributed by atoms with Crippen LogP contribution in [0.15, 0.2) is 59.5 Å². The first-order valence-corrected chi connectivity index (χ1v) is 12.4. The topological polar surface area (TPSA) is 103 Å². The molecule has 1 amide bonds. The molecule has 0 aromatic heterocycles. The van der Waals surface area contributed by atoms with Crippen LogP contribution in [0.2, 0.25) is 10.0 Å². The predicted octanol–water partition coefficient (Wildman–Crippen LogP) is 5.85. The van der Waals surface area contributed by atoms with Crippen molar-refractivity contribution in [3.8, 4) is 17.2 Å². The molecule has 14 heteroatoms. The van der Waals surface area contributed by atoms with E-state index in [1.807, 2.05) is 0 Å². The van der Waals surface area contributed by atoms with E-state index in [9.17, 15) is 26.4 Å². The average molecular weight is 579 g/mol. The Morgan fingerprint density at radius 2 is 1.59 bits per heavy atom. The number of nitrogens with one attached hydrogen (secondary N) is 2. The predicted molar refractivity (Wildman–Crippen MR) is 132 cm³/mol. The molecule has 0 aliphatic rings. The van der Waals surface area contributed by atoms with Crippen molar-refractivity contribution in [1.29, 1.82) is 0 Å². The molecule has 3 rings (SSSR count). The molecule has 0 aliphatic heterocycles. The molecule has 0 unspecified atom stereocenters. The third-order valence-corrected chi connectivity index (χ3v) is 6.73. The van der Waals surface area contributed by atoms with Crippen LogP contribution < -0.4 is 24.2 Å². The van der Waals surface area contributed by atoms with Crippen LogP contribution in [0.1, 0.15) is 5.56 Å². The molecule has 0 heterocycles. The number of halogens is 5. The lowest BCUT2D eigenvalue weighted by Gasteiger charge is -2.14. The lowest BCUT2D eigenvalue weighted by molar-refractivity contribution is -0.137. The molecule has 8 nitrogen and oxygen atoms in total. The van der Waals surface area contributed by atoms with Crippen molar-refractivity contribution >= 4 is 50.5 Å². The monoisotopic (exact) mass is 578 g/mol. The summed E-state index contributed by atoms with van der Waals surface area (Å²) in [6, 6.07) is 10.0. The van der Waals surface area contributed by atoms with Crippen LogP contribution in [-0.4, -0.2) is 35.2 Å². The van der Waals surface area contributed by atoms with Crippen LogP contribution in [0.3, 0.4) is 0 Å². The Balaban J connectivity index is 1.69. The molecule has 37 heavy (non-hydrogen) atoms. The van der Waals surface area contributed by atoms with E-state index in [0.717, 1.165) is 24.3 Å². The van der Waals surface area contributed by atoms with Crippen molar-refractivity contribution in [3.63, 3.8) is 0 Å². The summed E-state index contributed by atoms with van der Waals surface area (Å²) in [7, 11) is -1.48. The van der Waals surface area contributed by atoms with Gasteiger partial charge in [0.15, 0.2) is 6.61 Å². The molecule has 0 saturated heterocycles. The quantitative estimate of drug-likeness (QED) is 0.330. The molecule has 0 saturated carbocycles. The summed E-state index contributed by atoms with van der Waals surface area (Å²) in [5.41, 5.74) is -1.02. The molecule has 0 spiro atoms. The fourth-order valence-electron chi connectivity index (χ4n) is 3.03. The molecule has 0 aliphatic carbocycles. The van der Waals surface area contributed by atoms with Gasteiger partial charge in [-0.3, -0.25) is 9.52 Å². The zero-order valence-corrected chi connectivity index (χ0v) is 21.5. The maximum absolute atomic E-state index is 12.9. The van der Waals surface area contributed by atoms with E-state index in [4.69, 9.17) is 37.4 Å². The number of rotatable bonds is 9. The van der Waals surface area contributed by atoms with Crippen LogP contribution in [0.25, 0.3) is 0 Å². The zero-order valence-electron chi connectivity index (χ0n) is 19.2.